The molecular weight excluding hydrogens is 89.0 g/mol. The number of hydrogen-bond donors (Lipinski definition) is 0. The molecule has 0 N–H and O–H groups in total. The molecule has 0 aliphatic heterocycles. The normalized spacial score (nSPS) is 5.50. The number of halogens is 1. The van der Waals surface area contributed by atoms with Crippen LogP contribution in [-0.2, 0) is 0 Å². The molecule has 0 spiro atoms. The first-order chi connectivity index (χ1) is 2.77. The standard InChI is InChI=1S/C2FNO2/c3-1-2-4(5)6. The zero-order chi connectivity index (χ0) is 4.99. The third-order valence-electron chi connectivity index (χ3n) is 0.134. The van der Waals surface area contributed by atoms with Gasteiger partial charge >= 0.3 is 6.04 Å². The molecule has 0 aromatic rings. The van der Waals surface area contributed by atoms with E-state index in [-0.39, 0.29) is 0 Å². The van der Waals surface area contributed by atoms with Gasteiger partial charge in [-0.1, -0.05) is 0 Å². The van der Waals surface area contributed by atoms with Gasteiger partial charge in [0.15, 0.2) is 6.17 Å². The molecule has 0 fully saturated rings. The molecule has 3 nitrogen and oxygen atoms in total. The molecule has 0 unspecified atom stereocenters. The fourth-order valence-corrected chi connectivity index (χ4v) is 0.0345. The van der Waals surface area contributed by atoms with E-state index in [1.54, 1.807) is 0 Å². The SMILES string of the molecule is O=[N+]([O-])C#CF. The zero-order valence-corrected chi connectivity index (χ0v) is 2.64. The molecule has 0 atom stereocenters. The van der Waals surface area contributed by atoms with Crippen molar-refractivity contribution < 1.29 is 9.31 Å². The van der Waals surface area contributed by atoms with Gasteiger partial charge in [0, 0.05) is 0 Å². The van der Waals surface area contributed by atoms with E-state index in [0.717, 1.165) is 6.04 Å². The molecule has 6 heavy (non-hydrogen) atoms. The third kappa shape index (κ3) is 2.89. The molecule has 0 amide bonds. The summed E-state index contributed by atoms with van der Waals surface area (Å²) >= 11 is 0. The van der Waals surface area contributed by atoms with Gasteiger partial charge in [0.25, 0.3) is 0 Å². The molecule has 0 aliphatic rings. The second-order valence-corrected chi connectivity index (χ2v) is 0.463. The summed E-state index contributed by atoms with van der Waals surface area (Å²) in [5.41, 5.74) is 0. The van der Waals surface area contributed by atoms with Gasteiger partial charge in [-0.2, -0.15) is 0 Å². The van der Waals surface area contributed by atoms with E-state index in [1.807, 2.05) is 0 Å². The summed E-state index contributed by atoms with van der Waals surface area (Å²) < 4.78 is 10.4. The lowest BCUT2D eigenvalue weighted by Gasteiger charge is -1.60. The van der Waals surface area contributed by atoms with Crippen LogP contribution in [0.4, 0.5) is 4.39 Å². The van der Waals surface area contributed by atoms with Crippen molar-refractivity contribution in [1.29, 1.82) is 0 Å². The third-order valence-corrected chi connectivity index (χ3v) is 0.134. The van der Waals surface area contributed by atoms with E-state index in [9.17, 15) is 4.39 Å². The first kappa shape index (κ1) is 4.89. The van der Waals surface area contributed by atoms with Gasteiger partial charge < -0.3 is 0 Å². The summed E-state index contributed by atoms with van der Waals surface area (Å²) in [5, 5.41) is 8.99. The lowest BCUT2D eigenvalue weighted by molar-refractivity contribution is -0.379. The van der Waals surface area contributed by atoms with Crippen LogP contribution in [0.25, 0.3) is 0 Å². The maximum Gasteiger partial charge on any atom is 0.326 e. The Kier molecular flexibility index (Phi) is 1.75. The molecule has 0 aromatic heterocycles. The summed E-state index contributed by atoms with van der Waals surface area (Å²) in [7, 11) is 0. The lowest BCUT2D eigenvalue weighted by Crippen LogP contribution is -1.80. The maximum atomic E-state index is 10.4. The minimum atomic E-state index is -1.06. The smallest absolute Gasteiger partial charge is 0.249 e. The molecule has 0 rings (SSSR count). The Hall–Kier alpha value is -1.11. The van der Waals surface area contributed by atoms with Crippen molar-refractivity contribution in [3.8, 4) is 12.2 Å². The predicted molar refractivity (Wildman–Crippen MR) is 15.9 cm³/mol. The number of nitro groups is 1. The van der Waals surface area contributed by atoms with Crippen molar-refractivity contribution in [2.75, 3.05) is 0 Å². The average Bonchev–Trinajstić information content (AvgIpc) is 1.35. The summed E-state index contributed by atoms with van der Waals surface area (Å²) in [6, 6.07) is 1.01. The highest BCUT2D eigenvalue weighted by atomic mass is 19.1. The topological polar surface area (TPSA) is 43.1 Å². The number of hydrogen-bond acceptors (Lipinski definition) is 2. The van der Waals surface area contributed by atoms with Crippen molar-refractivity contribution in [2.24, 2.45) is 0 Å². The van der Waals surface area contributed by atoms with E-state index >= 15 is 0 Å². The Bertz CT molecular complexity index is 110. The average molecular weight is 89.0 g/mol. The minimum absolute atomic E-state index is 0.618. The van der Waals surface area contributed by atoms with Crippen molar-refractivity contribution in [2.45, 2.75) is 0 Å². The van der Waals surface area contributed by atoms with Crippen LogP contribution >= 0.6 is 0 Å². The summed E-state index contributed by atoms with van der Waals surface area (Å²) in [5.74, 6) is 0. The van der Waals surface area contributed by atoms with E-state index in [1.165, 1.54) is 0 Å². The maximum absolute atomic E-state index is 10.4. The van der Waals surface area contributed by atoms with Crippen LogP contribution in [0.3, 0.4) is 0 Å². The highest BCUT2D eigenvalue weighted by molar-refractivity contribution is 4.75. The van der Waals surface area contributed by atoms with Gasteiger partial charge in [0.2, 0.25) is 0 Å². The van der Waals surface area contributed by atoms with Crippen molar-refractivity contribution in [3.63, 3.8) is 0 Å². The highest BCUT2D eigenvalue weighted by Crippen LogP contribution is 1.57. The van der Waals surface area contributed by atoms with Gasteiger partial charge in [0.1, 0.15) is 4.92 Å². The molecule has 32 valence electrons. The minimum Gasteiger partial charge on any atom is -0.249 e. The molecule has 0 bridgehead atoms. The lowest BCUT2D eigenvalue weighted by atomic mass is 11.2. The molecule has 0 saturated carbocycles. The summed E-state index contributed by atoms with van der Waals surface area (Å²) in [6.07, 6.45) is 0.618. The van der Waals surface area contributed by atoms with E-state index in [2.05, 4.69) is 0 Å². The fraction of sp³-hybridized carbons (Fsp3) is 0. The van der Waals surface area contributed by atoms with Gasteiger partial charge in [-0.05, 0) is 0 Å². The molecule has 0 aromatic carbocycles. The second-order valence-electron chi connectivity index (χ2n) is 0.463. The molecule has 0 radical (unpaired) electrons. The summed E-state index contributed by atoms with van der Waals surface area (Å²) in [6.45, 7) is 0. The van der Waals surface area contributed by atoms with Crippen molar-refractivity contribution in [3.05, 3.63) is 10.1 Å². The largest absolute Gasteiger partial charge is 0.326 e. The quantitative estimate of drug-likeness (QED) is 0.183. The first-order valence-electron chi connectivity index (χ1n) is 1.03. The van der Waals surface area contributed by atoms with Gasteiger partial charge in [-0.15, -0.1) is 4.39 Å². The van der Waals surface area contributed by atoms with Gasteiger partial charge in [-0.3, -0.25) is 0 Å². The molecule has 0 saturated heterocycles. The molecule has 0 aliphatic carbocycles. The highest BCUT2D eigenvalue weighted by Gasteiger charge is 1.76. The van der Waals surface area contributed by atoms with Crippen molar-refractivity contribution in [1.82, 2.24) is 0 Å². The van der Waals surface area contributed by atoms with E-state index in [4.69, 9.17) is 10.1 Å². The zero-order valence-electron chi connectivity index (χ0n) is 2.64. The van der Waals surface area contributed by atoms with Crippen molar-refractivity contribution >= 4 is 0 Å². The van der Waals surface area contributed by atoms with E-state index in [0.29, 0.717) is 6.17 Å². The van der Waals surface area contributed by atoms with Gasteiger partial charge in [-0.25, -0.2) is 10.1 Å². The van der Waals surface area contributed by atoms with Crippen LogP contribution in [0.5, 0.6) is 0 Å². The Balaban J connectivity index is 3.50. The van der Waals surface area contributed by atoms with Crippen LogP contribution in [0.15, 0.2) is 0 Å². The number of rotatable bonds is 0. The second kappa shape index (κ2) is 2.15. The van der Waals surface area contributed by atoms with Gasteiger partial charge in [0.05, 0.1) is 0 Å². The Morgan fingerprint density at radius 3 is 2.33 bits per heavy atom. The summed E-state index contributed by atoms with van der Waals surface area (Å²) in [4.78, 5) is 7.94. The number of nitrogens with zero attached hydrogens (tertiary/aromatic N) is 1. The molecule has 0 heterocycles. The van der Waals surface area contributed by atoms with Crippen LogP contribution < -0.4 is 0 Å². The predicted octanol–water partition coefficient (Wildman–Crippen LogP) is 0.151. The molecular formula is C2FNO2. The van der Waals surface area contributed by atoms with Crippen LogP contribution in [-0.4, -0.2) is 4.92 Å². The van der Waals surface area contributed by atoms with Crippen LogP contribution in [0, 0.1) is 22.3 Å². The molecule has 4 heteroatoms. The van der Waals surface area contributed by atoms with Crippen LogP contribution in [0.2, 0.25) is 0 Å². The first-order valence-corrected chi connectivity index (χ1v) is 1.03. The Morgan fingerprint density at radius 1 is 1.83 bits per heavy atom. The Labute approximate surface area is 32.9 Å². The van der Waals surface area contributed by atoms with Crippen LogP contribution in [0.1, 0.15) is 0 Å². The Morgan fingerprint density at radius 2 is 2.33 bits per heavy atom. The monoisotopic (exact) mass is 89.0 g/mol. The fourth-order valence-electron chi connectivity index (χ4n) is 0.0345. The van der Waals surface area contributed by atoms with E-state index < -0.39 is 4.92 Å².